The predicted octanol–water partition coefficient (Wildman–Crippen LogP) is 5.46. The van der Waals surface area contributed by atoms with Gasteiger partial charge in [0.15, 0.2) is 0 Å². The summed E-state index contributed by atoms with van der Waals surface area (Å²) in [5.41, 5.74) is 2.74. The third kappa shape index (κ3) is 3.69. The first-order valence-corrected chi connectivity index (χ1v) is 9.47. The molecule has 4 nitrogen and oxygen atoms in total. The number of rotatable bonds is 5. The van der Waals surface area contributed by atoms with Gasteiger partial charge in [-0.2, -0.15) is 0 Å². The zero-order valence-corrected chi connectivity index (χ0v) is 15.8. The van der Waals surface area contributed by atoms with Gasteiger partial charge in [-0.1, -0.05) is 60.1 Å². The van der Waals surface area contributed by atoms with E-state index in [1.165, 1.54) is 5.56 Å². The summed E-state index contributed by atoms with van der Waals surface area (Å²) in [5.74, 6) is 0.563. The van der Waals surface area contributed by atoms with Gasteiger partial charge in [-0.05, 0) is 36.2 Å². The Kier molecular flexibility index (Phi) is 5.22. The molecule has 2 atom stereocenters. The highest BCUT2D eigenvalue weighted by atomic mass is 35.5. The highest BCUT2D eigenvalue weighted by molar-refractivity contribution is 6.31. The Morgan fingerprint density at radius 1 is 1.04 bits per heavy atom. The van der Waals surface area contributed by atoms with Crippen molar-refractivity contribution in [2.24, 2.45) is 0 Å². The van der Waals surface area contributed by atoms with Crippen LogP contribution in [0.5, 0.6) is 11.5 Å². The predicted molar refractivity (Wildman–Crippen MR) is 107 cm³/mol. The fourth-order valence-electron chi connectivity index (χ4n) is 3.54. The van der Waals surface area contributed by atoms with Gasteiger partial charge in [0.2, 0.25) is 6.10 Å². The number of benzene rings is 3. The standard InChI is InChI=1S/C23H19ClO4/c24-20-7-3-1-6-19(20)22(23(25)26)28-16-11-9-15(10-12-16)17-13-14-27-21-8-4-2-5-18(17)21/h1-12,17,22H,13-14H2,(H,25,26). The first-order chi connectivity index (χ1) is 13.6. The summed E-state index contributed by atoms with van der Waals surface area (Å²) < 4.78 is 11.5. The van der Waals surface area contributed by atoms with Gasteiger partial charge in [0.1, 0.15) is 11.5 Å². The second-order valence-corrected chi connectivity index (χ2v) is 7.06. The van der Waals surface area contributed by atoms with E-state index in [0.717, 1.165) is 17.7 Å². The van der Waals surface area contributed by atoms with Crippen LogP contribution >= 0.6 is 11.6 Å². The normalized spacial score (nSPS) is 16.5. The Morgan fingerprint density at radius 2 is 1.75 bits per heavy atom. The van der Waals surface area contributed by atoms with Crippen molar-refractivity contribution in [3.63, 3.8) is 0 Å². The quantitative estimate of drug-likeness (QED) is 0.624. The largest absolute Gasteiger partial charge is 0.493 e. The molecule has 2 unspecified atom stereocenters. The topological polar surface area (TPSA) is 55.8 Å². The lowest BCUT2D eigenvalue weighted by Gasteiger charge is -2.26. The number of para-hydroxylation sites is 1. The van der Waals surface area contributed by atoms with E-state index in [0.29, 0.717) is 22.9 Å². The van der Waals surface area contributed by atoms with Gasteiger partial charge in [0.25, 0.3) is 0 Å². The van der Waals surface area contributed by atoms with E-state index in [1.807, 2.05) is 30.3 Å². The third-order valence-corrected chi connectivity index (χ3v) is 5.25. The molecule has 0 aliphatic carbocycles. The van der Waals surface area contributed by atoms with Gasteiger partial charge >= 0.3 is 5.97 Å². The summed E-state index contributed by atoms with van der Waals surface area (Å²) in [6.45, 7) is 0.674. The van der Waals surface area contributed by atoms with Gasteiger partial charge in [0.05, 0.1) is 6.61 Å². The van der Waals surface area contributed by atoms with E-state index in [-0.39, 0.29) is 5.92 Å². The van der Waals surface area contributed by atoms with Crippen molar-refractivity contribution >= 4 is 17.6 Å². The Balaban J connectivity index is 1.57. The van der Waals surface area contributed by atoms with Gasteiger partial charge < -0.3 is 14.6 Å². The summed E-state index contributed by atoms with van der Waals surface area (Å²) in [6, 6.07) is 22.4. The fourth-order valence-corrected chi connectivity index (χ4v) is 3.77. The molecule has 0 bridgehead atoms. The van der Waals surface area contributed by atoms with Crippen LogP contribution in [-0.4, -0.2) is 17.7 Å². The van der Waals surface area contributed by atoms with Gasteiger partial charge in [-0.15, -0.1) is 0 Å². The molecule has 142 valence electrons. The highest BCUT2D eigenvalue weighted by Gasteiger charge is 2.25. The molecular formula is C23H19ClO4. The molecule has 0 fully saturated rings. The number of ether oxygens (including phenoxy) is 2. The van der Waals surface area contributed by atoms with Crippen LogP contribution in [0, 0.1) is 0 Å². The van der Waals surface area contributed by atoms with Crippen LogP contribution in [0.4, 0.5) is 0 Å². The Morgan fingerprint density at radius 3 is 2.50 bits per heavy atom. The number of carboxylic acids is 1. The molecule has 0 saturated carbocycles. The monoisotopic (exact) mass is 394 g/mol. The number of carboxylic acid groups (broad SMARTS) is 1. The molecule has 3 aromatic rings. The lowest BCUT2D eigenvalue weighted by atomic mass is 9.87. The summed E-state index contributed by atoms with van der Waals surface area (Å²) in [4.78, 5) is 11.7. The molecule has 1 heterocycles. The number of hydrogen-bond acceptors (Lipinski definition) is 3. The molecule has 0 amide bonds. The molecule has 5 heteroatoms. The van der Waals surface area contributed by atoms with E-state index in [9.17, 15) is 9.90 Å². The maximum absolute atomic E-state index is 11.7. The van der Waals surface area contributed by atoms with Gasteiger partial charge in [-0.25, -0.2) is 4.79 Å². The SMILES string of the molecule is O=C(O)C(Oc1ccc(C2CCOc3ccccc32)cc1)c1ccccc1Cl. The maximum atomic E-state index is 11.7. The molecule has 0 aromatic heterocycles. The molecule has 1 N–H and O–H groups in total. The first-order valence-electron chi connectivity index (χ1n) is 9.09. The highest BCUT2D eigenvalue weighted by Crippen LogP contribution is 2.38. The molecular weight excluding hydrogens is 376 g/mol. The number of fused-ring (bicyclic) bond motifs is 1. The third-order valence-electron chi connectivity index (χ3n) is 4.91. The zero-order valence-electron chi connectivity index (χ0n) is 15.0. The van der Waals surface area contributed by atoms with Crippen LogP contribution in [0.25, 0.3) is 0 Å². The van der Waals surface area contributed by atoms with Crippen LogP contribution in [0.1, 0.15) is 35.1 Å². The average molecular weight is 395 g/mol. The Bertz CT molecular complexity index is 984. The summed E-state index contributed by atoms with van der Waals surface area (Å²) in [5, 5.41) is 9.95. The van der Waals surface area contributed by atoms with Crippen LogP contribution in [-0.2, 0) is 4.79 Å². The van der Waals surface area contributed by atoms with E-state index < -0.39 is 12.1 Å². The van der Waals surface area contributed by atoms with Crippen molar-refractivity contribution in [1.82, 2.24) is 0 Å². The average Bonchev–Trinajstić information content (AvgIpc) is 2.72. The van der Waals surface area contributed by atoms with Crippen LogP contribution in [0.3, 0.4) is 0 Å². The van der Waals surface area contributed by atoms with E-state index >= 15 is 0 Å². The van der Waals surface area contributed by atoms with Crippen molar-refractivity contribution in [2.75, 3.05) is 6.61 Å². The van der Waals surface area contributed by atoms with E-state index in [1.54, 1.807) is 36.4 Å². The van der Waals surface area contributed by atoms with Gasteiger partial charge in [-0.3, -0.25) is 0 Å². The van der Waals surface area contributed by atoms with Crippen molar-refractivity contribution in [1.29, 1.82) is 0 Å². The number of halogens is 1. The lowest BCUT2D eigenvalue weighted by Crippen LogP contribution is -2.18. The Hall–Kier alpha value is -2.98. The summed E-state index contributed by atoms with van der Waals surface area (Å²) in [6.07, 6.45) is -0.266. The molecule has 0 saturated heterocycles. The first kappa shape index (κ1) is 18.4. The van der Waals surface area contributed by atoms with Crippen molar-refractivity contribution in [3.05, 3.63) is 94.5 Å². The van der Waals surface area contributed by atoms with Crippen molar-refractivity contribution < 1.29 is 19.4 Å². The summed E-state index contributed by atoms with van der Waals surface area (Å²) in [7, 11) is 0. The minimum Gasteiger partial charge on any atom is -0.493 e. The molecule has 1 aliphatic heterocycles. The molecule has 0 spiro atoms. The van der Waals surface area contributed by atoms with E-state index in [4.69, 9.17) is 21.1 Å². The maximum Gasteiger partial charge on any atom is 0.349 e. The zero-order chi connectivity index (χ0) is 19.5. The number of aliphatic carboxylic acids is 1. The van der Waals surface area contributed by atoms with Gasteiger partial charge in [0, 0.05) is 22.1 Å². The van der Waals surface area contributed by atoms with Crippen molar-refractivity contribution in [2.45, 2.75) is 18.4 Å². The van der Waals surface area contributed by atoms with Crippen LogP contribution in [0.2, 0.25) is 5.02 Å². The minimum absolute atomic E-state index is 0.248. The van der Waals surface area contributed by atoms with Crippen LogP contribution < -0.4 is 9.47 Å². The molecule has 0 radical (unpaired) electrons. The second-order valence-electron chi connectivity index (χ2n) is 6.65. The Labute approximate surface area is 168 Å². The van der Waals surface area contributed by atoms with Crippen LogP contribution in [0.15, 0.2) is 72.8 Å². The lowest BCUT2D eigenvalue weighted by molar-refractivity contribution is -0.145. The van der Waals surface area contributed by atoms with Crippen molar-refractivity contribution in [3.8, 4) is 11.5 Å². The molecule has 28 heavy (non-hydrogen) atoms. The molecule has 4 rings (SSSR count). The summed E-state index contributed by atoms with van der Waals surface area (Å²) >= 11 is 6.15. The second kappa shape index (κ2) is 7.95. The smallest absolute Gasteiger partial charge is 0.349 e. The fraction of sp³-hybridized carbons (Fsp3) is 0.174. The minimum atomic E-state index is -1.16. The van der Waals surface area contributed by atoms with E-state index in [2.05, 4.69) is 6.07 Å². The number of hydrogen-bond donors (Lipinski definition) is 1. The molecule has 1 aliphatic rings. The number of carbonyl (C=O) groups is 1. The molecule has 3 aromatic carbocycles.